The second kappa shape index (κ2) is 2.30. The van der Waals surface area contributed by atoms with Crippen LogP contribution in [-0.2, 0) is 0 Å². The molecule has 1 N–H and O–H groups in total. The SMILES string of the molecule is Cc1cnc2c(F)c[nH]c2c1C. The number of fused-ring (bicyclic) bond motifs is 1. The van der Waals surface area contributed by atoms with E-state index >= 15 is 0 Å². The molecular weight excluding hydrogens is 155 g/mol. The van der Waals surface area contributed by atoms with Crippen LogP contribution in [0.1, 0.15) is 11.1 Å². The van der Waals surface area contributed by atoms with E-state index < -0.39 is 0 Å². The summed E-state index contributed by atoms with van der Waals surface area (Å²) in [7, 11) is 0. The topological polar surface area (TPSA) is 28.7 Å². The van der Waals surface area contributed by atoms with Crippen LogP contribution in [-0.4, -0.2) is 9.97 Å². The smallest absolute Gasteiger partial charge is 0.166 e. The van der Waals surface area contributed by atoms with E-state index in [1.54, 1.807) is 6.20 Å². The molecule has 0 saturated carbocycles. The number of pyridine rings is 1. The molecule has 0 unspecified atom stereocenters. The number of aryl methyl sites for hydroxylation is 2. The fourth-order valence-electron chi connectivity index (χ4n) is 1.26. The molecular formula is C9H9FN2. The highest BCUT2D eigenvalue weighted by molar-refractivity contribution is 5.79. The molecule has 0 spiro atoms. The van der Waals surface area contributed by atoms with Crippen molar-refractivity contribution in [1.82, 2.24) is 9.97 Å². The summed E-state index contributed by atoms with van der Waals surface area (Å²) in [5.41, 5.74) is 3.36. The van der Waals surface area contributed by atoms with Crippen LogP contribution in [0.5, 0.6) is 0 Å². The van der Waals surface area contributed by atoms with Crippen molar-refractivity contribution in [3.8, 4) is 0 Å². The van der Waals surface area contributed by atoms with Gasteiger partial charge in [-0.1, -0.05) is 0 Å². The van der Waals surface area contributed by atoms with Crippen molar-refractivity contribution in [2.24, 2.45) is 0 Å². The molecule has 0 radical (unpaired) electrons. The highest BCUT2D eigenvalue weighted by atomic mass is 19.1. The summed E-state index contributed by atoms with van der Waals surface area (Å²) in [6, 6.07) is 0. The van der Waals surface area contributed by atoms with Crippen LogP contribution in [0.2, 0.25) is 0 Å². The highest BCUT2D eigenvalue weighted by Crippen LogP contribution is 2.19. The predicted molar refractivity (Wildman–Crippen MR) is 45.5 cm³/mol. The van der Waals surface area contributed by atoms with Gasteiger partial charge in [0.05, 0.1) is 5.52 Å². The second-order valence-corrected chi connectivity index (χ2v) is 2.93. The maximum absolute atomic E-state index is 13.0. The van der Waals surface area contributed by atoms with Crippen LogP contribution in [0.4, 0.5) is 4.39 Å². The Morgan fingerprint density at radius 1 is 1.42 bits per heavy atom. The molecule has 0 aromatic carbocycles. The summed E-state index contributed by atoms with van der Waals surface area (Å²) in [6.45, 7) is 3.91. The quantitative estimate of drug-likeness (QED) is 0.636. The Labute approximate surface area is 69.4 Å². The lowest BCUT2D eigenvalue weighted by molar-refractivity contribution is 0.636. The van der Waals surface area contributed by atoms with Gasteiger partial charge in [0.15, 0.2) is 5.82 Å². The van der Waals surface area contributed by atoms with Crippen molar-refractivity contribution in [2.75, 3.05) is 0 Å². The van der Waals surface area contributed by atoms with Crippen molar-refractivity contribution in [2.45, 2.75) is 13.8 Å². The standard InChI is InChI=1S/C9H9FN2/c1-5-3-11-9-7(10)4-12-8(9)6(5)2/h3-4,12H,1-2H3. The van der Waals surface area contributed by atoms with Gasteiger partial charge in [-0.15, -0.1) is 0 Å². The zero-order valence-corrected chi connectivity index (χ0v) is 6.98. The number of H-pyrrole nitrogens is 1. The molecule has 0 aliphatic heterocycles. The first-order valence-corrected chi connectivity index (χ1v) is 3.79. The molecule has 62 valence electrons. The fraction of sp³-hybridized carbons (Fsp3) is 0.222. The zero-order chi connectivity index (χ0) is 8.72. The molecule has 2 aromatic heterocycles. The van der Waals surface area contributed by atoms with Crippen molar-refractivity contribution < 1.29 is 4.39 Å². The van der Waals surface area contributed by atoms with E-state index in [1.165, 1.54) is 6.20 Å². The van der Waals surface area contributed by atoms with Gasteiger partial charge in [0.1, 0.15) is 5.52 Å². The van der Waals surface area contributed by atoms with Crippen molar-refractivity contribution >= 4 is 11.0 Å². The number of nitrogens with zero attached hydrogens (tertiary/aromatic N) is 1. The zero-order valence-electron chi connectivity index (χ0n) is 6.98. The van der Waals surface area contributed by atoms with E-state index in [9.17, 15) is 4.39 Å². The average molecular weight is 164 g/mol. The number of nitrogens with one attached hydrogen (secondary N) is 1. The monoisotopic (exact) mass is 164 g/mol. The van der Waals surface area contributed by atoms with E-state index in [2.05, 4.69) is 9.97 Å². The number of aromatic nitrogens is 2. The Kier molecular flexibility index (Phi) is 1.40. The van der Waals surface area contributed by atoms with Gasteiger partial charge >= 0.3 is 0 Å². The summed E-state index contributed by atoms with van der Waals surface area (Å²) >= 11 is 0. The molecule has 0 fully saturated rings. The van der Waals surface area contributed by atoms with Crippen molar-refractivity contribution in [1.29, 1.82) is 0 Å². The van der Waals surface area contributed by atoms with Gasteiger partial charge < -0.3 is 4.98 Å². The molecule has 2 aromatic rings. The molecule has 0 bridgehead atoms. The molecule has 0 aliphatic carbocycles. The first-order valence-electron chi connectivity index (χ1n) is 3.79. The number of hydrogen-bond donors (Lipinski definition) is 1. The van der Waals surface area contributed by atoms with Gasteiger partial charge in [0.2, 0.25) is 0 Å². The third-order valence-corrected chi connectivity index (χ3v) is 2.16. The molecule has 2 nitrogen and oxygen atoms in total. The molecule has 3 heteroatoms. The van der Waals surface area contributed by atoms with Crippen molar-refractivity contribution in [3.05, 3.63) is 29.3 Å². The molecule has 0 saturated heterocycles. The lowest BCUT2D eigenvalue weighted by Gasteiger charge is -1.98. The van der Waals surface area contributed by atoms with Crippen LogP contribution in [0, 0.1) is 19.7 Å². The largest absolute Gasteiger partial charge is 0.357 e. The van der Waals surface area contributed by atoms with Gasteiger partial charge in [-0.05, 0) is 25.0 Å². The third kappa shape index (κ3) is 0.826. The van der Waals surface area contributed by atoms with Gasteiger partial charge in [0, 0.05) is 12.4 Å². The molecule has 2 rings (SSSR count). The minimum absolute atomic E-state index is 0.284. The Morgan fingerprint density at radius 3 is 2.92 bits per heavy atom. The summed E-state index contributed by atoms with van der Waals surface area (Å²) in [5, 5.41) is 0. The lowest BCUT2D eigenvalue weighted by Crippen LogP contribution is -1.86. The molecule has 0 aliphatic rings. The Hall–Kier alpha value is -1.38. The van der Waals surface area contributed by atoms with E-state index in [0.29, 0.717) is 5.52 Å². The summed E-state index contributed by atoms with van der Waals surface area (Å²) < 4.78 is 13.0. The molecule has 0 amide bonds. The summed E-state index contributed by atoms with van der Waals surface area (Å²) in [6.07, 6.45) is 3.03. The number of hydrogen-bond acceptors (Lipinski definition) is 1. The molecule has 0 atom stereocenters. The van der Waals surface area contributed by atoms with Crippen molar-refractivity contribution in [3.63, 3.8) is 0 Å². The lowest BCUT2D eigenvalue weighted by atomic mass is 10.1. The fourth-order valence-corrected chi connectivity index (χ4v) is 1.26. The Bertz CT molecular complexity index is 431. The van der Waals surface area contributed by atoms with Crippen LogP contribution in [0.25, 0.3) is 11.0 Å². The minimum Gasteiger partial charge on any atom is -0.357 e. The van der Waals surface area contributed by atoms with Gasteiger partial charge in [-0.3, -0.25) is 4.98 Å². The highest BCUT2D eigenvalue weighted by Gasteiger charge is 2.07. The molecule has 2 heterocycles. The first kappa shape index (κ1) is 7.28. The van der Waals surface area contributed by atoms with Crippen LogP contribution >= 0.6 is 0 Å². The Balaban J connectivity index is 2.93. The van der Waals surface area contributed by atoms with Crippen LogP contribution in [0.15, 0.2) is 12.4 Å². The third-order valence-electron chi connectivity index (χ3n) is 2.16. The van der Waals surface area contributed by atoms with E-state index in [0.717, 1.165) is 16.6 Å². The average Bonchev–Trinajstić information content (AvgIpc) is 2.41. The van der Waals surface area contributed by atoms with Gasteiger partial charge in [-0.25, -0.2) is 4.39 Å². The van der Waals surface area contributed by atoms with E-state index in [4.69, 9.17) is 0 Å². The van der Waals surface area contributed by atoms with E-state index in [-0.39, 0.29) is 5.82 Å². The van der Waals surface area contributed by atoms with Crippen LogP contribution in [0.3, 0.4) is 0 Å². The Morgan fingerprint density at radius 2 is 2.17 bits per heavy atom. The first-order chi connectivity index (χ1) is 5.70. The molecule has 12 heavy (non-hydrogen) atoms. The number of rotatable bonds is 0. The maximum atomic E-state index is 13.0. The summed E-state index contributed by atoms with van der Waals surface area (Å²) in [4.78, 5) is 6.85. The number of halogens is 1. The van der Waals surface area contributed by atoms with E-state index in [1.807, 2.05) is 13.8 Å². The predicted octanol–water partition coefficient (Wildman–Crippen LogP) is 2.32. The van der Waals surface area contributed by atoms with Crippen LogP contribution < -0.4 is 0 Å². The second-order valence-electron chi connectivity index (χ2n) is 2.93. The normalized spacial score (nSPS) is 10.9. The maximum Gasteiger partial charge on any atom is 0.166 e. The minimum atomic E-state index is -0.284. The van der Waals surface area contributed by atoms with Gasteiger partial charge in [0.25, 0.3) is 0 Å². The van der Waals surface area contributed by atoms with Gasteiger partial charge in [-0.2, -0.15) is 0 Å². The number of aromatic amines is 1. The summed E-state index contributed by atoms with van der Waals surface area (Å²) in [5.74, 6) is -0.284.